The Morgan fingerprint density at radius 3 is 2.21 bits per heavy atom. The van der Waals surface area contributed by atoms with Crippen LogP contribution in [0.25, 0.3) is 11.1 Å². The van der Waals surface area contributed by atoms with Crippen LogP contribution in [0.5, 0.6) is 0 Å². The average molecular weight is 478 g/mol. The van der Waals surface area contributed by atoms with E-state index < -0.39 is 42.3 Å². The smallest absolute Gasteiger partial charge is 0.419 e. The Morgan fingerprint density at radius 2 is 1.65 bits per heavy atom. The molecule has 3 atom stereocenters. The summed E-state index contributed by atoms with van der Waals surface area (Å²) in [7, 11) is 0. The first kappa shape index (κ1) is 23.6. The van der Waals surface area contributed by atoms with E-state index in [1.165, 1.54) is 5.32 Å². The molecule has 34 heavy (non-hydrogen) atoms. The number of hydrogen-bond donors (Lipinski definition) is 3. The van der Waals surface area contributed by atoms with Crippen molar-refractivity contribution in [3.63, 3.8) is 0 Å². The largest absolute Gasteiger partial charge is 0.479 e. The molecule has 1 saturated heterocycles. The second-order valence-electron chi connectivity index (χ2n) is 7.98. The lowest BCUT2D eigenvalue weighted by atomic mass is 9.98. The summed E-state index contributed by atoms with van der Waals surface area (Å²) in [6.07, 6.45) is -7.38. The molecule has 2 aromatic carbocycles. The highest BCUT2D eigenvalue weighted by Gasteiger charge is 2.48. The number of amides is 2. The summed E-state index contributed by atoms with van der Waals surface area (Å²) in [5.74, 6) is -3.73. The van der Waals surface area contributed by atoms with Crippen LogP contribution in [-0.4, -0.2) is 60.7 Å². The first-order valence-electron chi connectivity index (χ1n) is 10.5. The van der Waals surface area contributed by atoms with Gasteiger partial charge in [0.15, 0.2) is 6.10 Å². The number of ether oxygens (including phenoxy) is 2. The maximum atomic E-state index is 12.9. The number of rotatable bonds is 6. The van der Waals surface area contributed by atoms with Crippen molar-refractivity contribution in [1.82, 2.24) is 10.6 Å². The van der Waals surface area contributed by atoms with Crippen LogP contribution in [0.3, 0.4) is 0 Å². The van der Waals surface area contributed by atoms with Gasteiger partial charge in [-0.3, -0.25) is 4.79 Å². The van der Waals surface area contributed by atoms with Crippen molar-refractivity contribution in [2.24, 2.45) is 0 Å². The van der Waals surface area contributed by atoms with E-state index in [1.807, 2.05) is 48.5 Å². The molecule has 1 aliphatic heterocycles. The van der Waals surface area contributed by atoms with E-state index in [0.717, 1.165) is 22.3 Å². The Labute approximate surface area is 192 Å². The number of carboxylic acid groups (broad SMARTS) is 1. The van der Waals surface area contributed by atoms with Crippen molar-refractivity contribution >= 4 is 18.0 Å². The van der Waals surface area contributed by atoms with Gasteiger partial charge in [-0.1, -0.05) is 48.5 Å². The third-order valence-electron chi connectivity index (χ3n) is 5.86. The molecule has 4 rings (SSSR count). The lowest BCUT2D eigenvalue weighted by Crippen LogP contribution is -2.56. The summed E-state index contributed by atoms with van der Waals surface area (Å²) in [5.41, 5.74) is 4.10. The maximum Gasteiger partial charge on any atom is 0.419 e. The first-order chi connectivity index (χ1) is 16.2. The molecule has 2 amide bonds. The van der Waals surface area contributed by atoms with Gasteiger partial charge in [-0.25, -0.2) is 9.59 Å². The molecule has 0 radical (unpaired) electrons. The van der Waals surface area contributed by atoms with Gasteiger partial charge in [-0.15, -0.1) is 0 Å². The highest BCUT2D eigenvalue weighted by molar-refractivity contribution is 5.88. The molecule has 2 aliphatic rings. The van der Waals surface area contributed by atoms with Gasteiger partial charge in [0.05, 0.1) is 6.04 Å². The number of carbonyl (C=O) groups is 3. The predicted octanol–water partition coefficient (Wildman–Crippen LogP) is 2.81. The summed E-state index contributed by atoms with van der Waals surface area (Å²) in [4.78, 5) is 35.6. The van der Waals surface area contributed by atoms with Gasteiger partial charge in [0.2, 0.25) is 6.04 Å². The summed E-state index contributed by atoms with van der Waals surface area (Å²) < 4.78 is 49.1. The van der Waals surface area contributed by atoms with Crippen molar-refractivity contribution < 1.29 is 42.1 Å². The molecule has 1 heterocycles. The second kappa shape index (κ2) is 9.34. The molecular formula is C23H21F3N2O6. The minimum atomic E-state index is -5.18. The molecule has 180 valence electrons. The monoisotopic (exact) mass is 478 g/mol. The topological polar surface area (TPSA) is 114 Å². The fourth-order valence-corrected chi connectivity index (χ4v) is 4.30. The summed E-state index contributed by atoms with van der Waals surface area (Å²) in [5, 5.41) is 12.6. The van der Waals surface area contributed by atoms with Crippen LogP contribution in [0.4, 0.5) is 18.0 Å². The van der Waals surface area contributed by atoms with Gasteiger partial charge in [-0.2, -0.15) is 13.2 Å². The molecule has 0 spiro atoms. The maximum absolute atomic E-state index is 12.9. The molecule has 11 heteroatoms. The number of alkyl carbamates (subject to hydrolysis) is 1. The normalized spacial score (nSPS) is 20.2. The third-order valence-corrected chi connectivity index (χ3v) is 5.86. The van der Waals surface area contributed by atoms with E-state index >= 15 is 0 Å². The standard InChI is InChI=1S/C23H21F3N2O6/c24-23(25,26)19(21(30)31)28-20(29)18-17(9-10-33-18)27-22(32)34-11-16-14-7-3-1-5-12(14)13-6-2-4-8-15(13)16/h1-8,16-19H,9-11H2,(H,27,32)(H,28,29)(H,30,31)/t17-,18+,19?/m0/s1. The lowest BCUT2D eigenvalue weighted by molar-refractivity contribution is -0.183. The number of nitrogens with one attached hydrogen (secondary N) is 2. The highest BCUT2D eigenvalue weighted by Crippen LogP contribution is 2.44. The summed E-state index contributed by atoms with van der Waals surface area (Å²) in [6.45, 7) is 0.00955. The highest BCUT2D eigenvalue weighted by atomic mass is 19.4. The second-order valence-corrected chi connectivity index (χ2v) is 7.98. The van der Waals surface area contributed by atoms with Gasteiger partial charge in [0.25, 0.3) is 5.91 Å². The molecular weight excluding hydrogens is 457 g/mol. The van der Waals surface area contributed by atoms with Crippen molar-refractivity contribution in [2.75, 3.05) is 13.2 Å². The Hall–Kier alpha value is -3.60. The zero-order valence-corrected chi connectivity index (χ0v) is 17.7. The average Bonchev–Trinajstić information content (AvgIpc) is 3.37. The van der Waals surface area contributed by atoms with Crippen molar-refractivity contribution in [1.29, 1.82) is 0 Å². The summed E-state index contributed by atoms with van der Waals surface area (Å²) >= 11 is 0. The molecule has 1 aliphatic carbocycles. The fraction of sp³-hybridized carbons (Fsp3) is 0.348. The number of alkyl halides is 3. The predicted molar refractivity (Wildman–Crippen MR) is 112 cm³/mol. The first-order valence-corrected chi connectivity index (χ1v) is 10.5. The Bertz CT molecular complexity index is 1060. The molecule has 0 saturated carbocycles. The number of aliphatic carboxylic acids is 1. The van der Waals surface area contributed by atoms with E-state index in [9.17, 15) is 27.6 Å². The van der Waals surface area contributed by atoms with Crippen LogP contribution in [0, 0.1) is 0 Å². The Morgan fingerprint density at radius 1 is 1.06 bits per heavy atom. The number of halogens is 3. The van der Waals surface area contributed by atoms with Gasteiger partial charge in [-0.05, 0) is 28.7 Å². The van der Waals surface area contributed by atoms with Gasteiger partial charge in [0.1, 0.15) is 6.61 Å². The number of fused-ring (bicyclic) bond motifs is 3. The third kappa shape index (κ3) is 4.69. The summed E-state index contributed by atoms with van der Waals surface area (Å²) in [6, 6.07) is 11.4. The van der Waals surface area contributed by atoms with E-state index in [2.05, 4.69) is 5.32 Å². The molecule has 1 unspecified atom stereocenters. The van der Waals surface area contributed by atoms with Crippen molar-refractivity contribution in [3.8, 4) is 11.1 Å². The zero-order valence-electron chi connectivity index (χ0n) is 17.7. The Kier molecular flexibility index (Phi) is 6.47. The van der Waals surface area contributed by atoms with E-state index in [0.29, 0.717) is 0 Å². The van der Waals surface area contributed by atoms with E-state index in [4.69, 9.17) is 14.6 Å². The zero-order chi connectivity index (χ0) is 24.5. The molecule has 3 N–H and O–H groups in total. The van der Waals surface area contributed by atoms with Gasteiger partial charge >= 0.3 is 18.2 Å². The number of hydrogen-bond acceptors (Lipinski definition) is 5. The van der Waals surface area contributed by atoms with Crippen LogP contribution in [-0.2, 0) is 19.1 Å². The Balaban J connectivity index is 1.38. The van der Waals surface area contributed by atoms with E-state index in [1.54, 1.807) is 0 Å². The minimum Gasteiger partial charge on any atom is -0.479 e. The van der Waals surface area contributed by atoms with Gasteiger partial charge in [0, 0.05) is 12.5 Å². The fourth-order valence-electron chi connectivity index (χ4n) is 4.30. The number of carboxylic acids is 1. The van der Waals surface area contributed by atoms with Crippen molar-refractivity contribution in [2.45, 2.75) is 36.7 Å². The van der Waals surface area contributed by atoms with Crippen LogP contribution in [0.2, 0.25) is 0 Å². The number of carbonyl (C=O) groups excluding carboxylic acids is 2. The molecule has 0 aromatic heterocycles. The molecule has 0 bridgehead atoms. The van der Waals surface area contributed by atoms with Gasteiger partial charge < -0.3 is 25.2 Å². The van der Waals surface area contributed by atoms with Crippen LogP contribution in [0.1, 0.15) is 23.5 Å². The van der Waals surface area contributed by atoms with Crippen LogP contribution >= 0.6 is 0 Å². The van der Waals surface area contributed by atoms with Crippen molar-refractivity contribution in [3.05, 3.63) is 59.7 Å². The minimum absolute atomic E-state index is 0.00380. The van der Waals surface area contributed by atoms with E-state index in [-0.39, 0.29) is 25.6 Å². The lowest BCUT2D eigenvalue weighted by Gasteiger charge is -2.23. The number of benzene rings is 2. The SMILES string of the molecule is O=C(N[C@H]1CCO[C@H]1C(=O)NC(C(=O)O)C(F)(F)F)OCC1c2ccccc2-c2ccccc21. The molecule has 2 aromatic rings. The quantitative estimate of drug-likeness (QED) is 0.589. The molecule has 8 nitrogen and oxygen atoms in total. The van der Waals surface area contributed by atoms with Crippen LogP contribution in [0.15, 0.2) is 48.5 Å². The molecule has 1 fully saturated rings. The van der Waals surface area contributed by atoms with Crippen LogP contribution < -0.4 is 10.6 Å².